The van der Waals surface area contributed by atoms with Crippen molar-refractivity contribution in [2.24, 2.45) is 0 Å². The number of unbranched alkanes of at least 4 members (excludes halogenated alkanes) is 7. The molecule has 0 spiro atoms. The Labute approximate surface area is 100 Å². The van der Waals surface area contributed by atoms with Crippen molar-refractivity contribution < 1.29 is 9.84 Å². The van der Waals surface area contributed by atoms with Crippen LogP contribution < -0.4 is 0 Å². The molecule has 1 aliphatic heterocycles. The third-order valence-corrected chi connectivity index (χ3v) is 3.46. The molecule has 1 N–H and O–H groups in total. The molecule has 1 aliphatic rings. The van der Waals surface area contributed by atoms with Gasteiger partial charge in [-0.05, 0) is 25.7 Å². The van der Waals surface area contributed by atoms with Gasteiger partial charge in [0.1, 0.15) is 0 Å². The highest BCUT2D eigenvalue weighted by atomic mass is 16.5. The van der Waals surface area contributed by atoms with E-state index in [0.29, 0.717) is 12.7 Å². The van der Waals surface area contributed by atoms with Gasteiger partial charge in [-0.3, -0.25) is 0 Å². The van der Waals surface area contributed by atoms with Crippen molar-refractivity contribution >= 4 is 0 Å². The fourth-order valence-electron chi connectivity index (χ4n) is 2.42. The van der Waals surface area contributed by atoms with Crippen LogP contribution in [-0.2, 0) is 4.74 Å². The molecule has 2 heteroatoms. The first-order chi connectivity index (χ1) is 7.93. The molecule has 0 radical (unpaired) electrons. The van der Waals surface area contributed by atoms with Crippen LogP contribution in [0.25, 0.3) is 0 Å². The van der Waals surface area contributed by atoms with Gasteiger partial charge >= 0.3 is 0 Å². The zero-order valence-corrected chi connectivity index (χ0v) is 10.6. The van der Waals surface area contributed by atoms with Crippen molar-refractivity contribution in [3.8, 4) is 0 Å². The van der Waals surface area contributed by atoms with Gasteiger partial charge in [0.15, 0.2) is 0 Å². The van der Waals surface area contributed by atoms with Crippen LogP contribution in [0.2, 0.25) is 0 Å². The molecular weight excluding hydrogens is 200 g/mol. The maximum atomic E-state index is 8.63. The molecule has 1 saturated heterocycles. The molecule has 1 rings (SSSR count). The summed E-state index contributed by atoms with van der Waals surface area (Å²) < 4.78 is 5.60. The summed E-state index contributed by atoms with van der Waals surface area (Å²) in [6, 6.07) is 0. The van der Waals surface area contributed by atoms with E-state index in [1.54, 1.807) is 0 Å². The molecule has 1 unspecified atom stereocenters. The molecule has 96 valence electrons. The van der Waals surface area contributed by atoms with Crippen molar-refractivity contribution in [2.75, 3.05) is 13.2 Å². The first-order valence-corrected chi connectivity index (χ1v) is 7.16. The molecular formula is C14H28O2. The number of hydrogen-bond donors (Lipinski definition) is 1. The van der Waals surface area contributed by atoms with E-state index in [1.165, 1.54) is 64.2 Å². The van der Waals surface area contributed by atoms with E-state index in [4.69, 9.17) is 9.84 Å². The highest BCUT2D eigenvalue weighted by Gasteiger charge is 2.14. The van der Waals surface area contributed by atoms with Gasteiger partial charge in [-0.2, -0.15) is 0 Å². The number of aliphatic hydroxyl groups excluding tert-OH is 1. The minimum Gasteiger partial charge on any atom is -0.396 e. The van der Waals surface area contributed by atoms with E-state index in [1.807, 2.05) is 0 Å². The first kappa shape index (κ1) is 14.0. The summed E-state index contributed by atoms with van der Waals surface area (Å²) in [5, 5.41) is 8.63. The van der Waals surface area contributed by atoms with E-state index in [9.17, 15) is 0 Å². The van der Waals surface area contributed by atoms with Crippen molar-refractivity contribution in [2.45, 2.75) is 76.7 Å². The second-order valence-electron chi connectivity index (χ2n) is 4.98. The predicted octanol–water partition coefficient (Wildman–Crippen LogP) is 3.67. The summed E-state index contributed by atoms with van der Waals surface area (Å²) >= 11 is 0. The van der Waals surface area contributed by atoms with E-state index in [0.717, 1.165) is 13.0 Å². The van der Waals surface area contributed by atoms with E-state index < -0.39 is 0 Å². The van der Waals surface area contributed by atoms with Gasteiger partial charge in [0.25, 0.3) is 0 Å². The Bertz CT molecular complexity index is 142. The molecule has 0 saturated carbocycles. The Morgan fingerprint density at radius 3 is 2.06 bits per heavy atom. The molecule has 1 fully saturated rings. The lowest BCUT2D eigenvalue weighted by Gasteiger charge is -2.08. The summed E-state index contributed by atoms with van der Waals surface area (Å²) in [5.74, 6) is 0. The summed E-state index contributed by atoms with van der Waals surface area (Å²) in [5.41, 5.74) is 0. The number of hydrogen-bond acceptors (Lipinski definition) is 2. The molecule has 0 bridgehead atoms. The van der Waals surface area contributed by atoms with Gasteiger partial charge in [0.05, 0.1) is 6.10 Å². The van der Waals surface area contributed by atoms with Gasteiger partial charge in [-0.15, -0.1) is 0 Å². The van der Waals surface area contributed by atoms with E-state index in [2.05, 4.69) is 0 Å². The lowest BCUT2D eigenvalue weighted by Crippen LogP contribution is -2.03. The van der Waals surface area contributed by atoms with Crippen LogP contribution >= 0.6 is 0 Å². The maximum absolute atomic E-state index is 8.63. The SMILES string of the molecule is OCCCCCCCCCCC1CCCO1. The second-order valence-corrected chi connectivity index (χ2v) is 4.98. The van der Waals surface area contributed by atoms with Crippen molar-refractivity contribution in [1.82, 2.24) is 0 Å². The van der Waals surface area contributed by atoms with Crippen LogP contribution in [0.3, 0.4) is 0 Å². The Balaban J connectivity index is 1.71. The Morgan fingerprint density at radius 1 is 0.875 bits per heavy atom. The monoisotopic (exact) mass is 228 g/mol. The fourth-order valence-corrected chi connectivity index (χ4v) is 2.42. The third kappa shape index (κ3) is 7.24. The standard InChI is InChI=1S/C14H28O2/c15-12-8-6-4-2-1-3-5-7-10-14-11-9-13-16-14/h14-15H,1-13H2. The molecule has 0 aliphatic carbocycles. The van der Waals surface area contributed by atoms with Crippen LogP contribution in [0, 0.1) is 0 Å². The van der Waals surface area contributed by atoms with Crippen LogP contribution in [0.1, 0.15) is 70.6 Å². The summed E-state index contributed by atoms with van der Waals surface area (Å²) in [4.78, 5) is 0. The van der Waals surface area contributed by atoms with Crippen molar-refractivity contribution in [3.63, 3.8) is 0 Å². The summed E-state index contributed by atoms with van der Waals surface area (Å²) in [7, 11) is 0. The van der Waals surface area contributed by atoms with Gasteiger partial charge in [-0.1, -0.05) is 44.9 Å². The van der Waals surface area contributed by atoms with E-state index >= 15 is 0 Å². The molecule has 1 atom stereocenters. The highest BCUT2D eigenvalue weighted by molar-refractivity contribution is 4.64. The number of aliphatic hydroxyl groups is 1. The van der Waals surface area contributed by atoms with Crippen molar-refractivity contribution in [1.29, 1.82) is 0 Å². The number of ether oxygens (including phenoxy) is 1. The highest BCUT2D eigenvalue weighted by Crippen LogP contribution is 2.18. The van der Waals surface area contributed by atoms with Crippen LogP contribution in [-0.4, -0.2) is 24.4 Å². The normalized spacial score (nSPS) is 20.4. The average molecular weight is 228 g/mol. The Kier molecular flexibility index (Phi) is 8.83. The number of rotatable bonds is 10. The minimum absolute atomic E-state index is 0.362. The molecule has 2 nitrogen and oxygen atoms in total. The molecule has 16 heavy (non-hydrogen) atoms. The largest absolute Gasteiger partial charge is 0.396 e. The second kappa shape index (κ2) is 10.1. The van der Waals surface area contributed by atoms with Crippen molar-refractivity contribution in [3.05, 3.63) is 0 Å². The average Bonchev–Trinajstić information content (AvgIpc) is 2.80. The summed E-state index contributed by atoms with van der Waals surface area (Å²) in [6.07, 6.45) is 14.7. The lowest BCUT2D eigenvalue weighted by atomic mass is 10.0. The van der Waals surface area contributed by atoms with Crippen LogP contribution in [0.15, 0.2) is 0 Å². The Morgan fingerprint density at radius 2 is 1.50 bits per heavy atom. The zero-order chi connectivity index (χ0) is 11.5. The molecule has 0 aromatic carbocycles. The molecule has 0 aromatic heterocycles. The molecule has 0 aromatic rings. The van der Waals surface area contributed by atoms with Crippen LogP contribution in [0.5, 0.6) is 0 Å². The zero-order valence-electron chi connectivity index (χ0n) is 10.6. The maximum Gasteiger partial charge on any atom is 0.0576 e. The van der Waals surface area contributed by atoms with Gasteiger partial charge < -0.3 is 9.84 Å². The van der Waals surface area contributed by atoms with Gasteiger partial charge in [0, 0.05) is 13.2 Å². The smallest absolute Gasteiger partial charge is 0.0576 e. The molecule has 0 amide bonds. The first-order valence-electron chi connectivity index (χ1n) is 7.16. The van der Waals surface area contributed by atoms with Gasteiger partial charge in [-0.25, -0.2) is 0 Å². The van der Waals surface area contributed by atoms with E-state index in [-0.39, 0.29) is 0 Å². The quantitative estimate of drug-likeness (QED) is 0.578. The summed E-state index contributed by atoms with van der Waals surface area (Å²) in [6.45, 7) is 1.36. The fraction of sp³-hybridized carbons (Fsp3) is 1.00. The third-order valence-electron chi connectivity index (χ3n) is 3.46. The predicted molar refractivity (Wildman–Crippen MR) is 67.6 cm³/mol. The van der Waals surface area contributed by atoms with Crippen LogP contribution in [0.4, 0.5) is 0 Å². The molecule has 1 heterocycles. The topological polar surface area (TPSA) is 29.5 Å². The minimum atomic E-state index is 0.362. The Hall–Kier alpha value is -0.0800. The van der Waals surface area contributed by atoms with Gasteiger partial charge in [0.2, 0.25) is 0 Å². The lowest BCUT2D eigenvalue weighted by molar-refractivity contribution is 0.102.